The van der Waals surface area contributed by atoms with Crippen LogP contribution in [0.2, 0.25) is 0 Å². The van der Waals surface area contributed by atoms with Gasteiger partial charge in [-0.2, -0.15) is 0 Å². The van der Waals surface area contributed by atoms with Crippen molar-refractivity contribution in [1.29, 1.82) is 0 Å². The molecule has 0 fully saturated rings. The van der Waals surface area contributed by atoms with Crippen molar-refractivity contribution in [2.45, 2.75) is 13.0 Å². The Morgan fingerprint density at radius 2 is 2.36 bits per heavy atom. The molecule has 0 saturated carbocycles. The largest absolute Gasteiger partial charge is 0.347 e. The average Bonchev–Trinajstić information content (AvgIpc) is 2.17. The van der Waals surface area contributed by atoms with Crippen molar-refractivity contribution in [2.75, 3.05) is 5.32 Å². The number of nitrogens with two attached hydrogens (primary N) is 1. The Bertz CT molecular complexity index is 333. The number of nitrogens with zero attached hydrogens (tertiary/aromatic N) is 2. The van der Waals surface area contributed by atoms with Crippen LogP contribution in [-0.4, -0.2) is 16.0 Å². The van der Waals surface area contributed by atoms with Crippen LogP contribution in [0.5, 0.6) is 0 Å². The molecule has 0 aliphatic rings. The standard InChI is InChI=1S/C10H14N4/c1-3-9(11)4-5-12-10-6-8(2)13-7-14-10/h3-7,9H,1,11H2,2H3,(H,12,13,14)/b5-4+. The third kappa shape index (κ3) is 3.37. The summed E-state index contributed by atoms with van der Waals surface area (Å²) < 4.78 is 0. The first-order valence-electron chi connectivity index (χ1n) is 4.32. The molecule has 0 spiro atoms. The lowest BCUT2D eigenvalue weighted by atomic mass is 10.3. The van der Waals surface area contributed by atoms with Gasteiger partial charge in [0.15, 0.2) is 0 Å². The van der Waals surface area contributed by atoms with Crippen molar-refractivity contribution in [3.05, 3.63) is 43.0 Å². The normalized spacial score (nSPS) is 12.7. The summed E-state index contributed by atoms with van der Waals surface area (Å²) in [6, 6.07) is 1.72. The fourth-order valence-electron chi connectivity index (χ4n) is 0.857. The molecule has 1 aromatic heterocycles. The van der Waals surface area contributed by atoms with Crippen molar-refractivity contribution in [2.24, 2.45) is 5.73 Å². The van der Waals surface area contributed by atoms with Gasteiger partial charge in [0, 0.05) is 24.0 Å². The van der Waals surface area contributed by atoms with Crippen LogP contribution >= 0.6 is 0 Å². The average molecular weight is 190 g/mol. The summed E-state index contributed by atoms with van der Waals surface area (Å²) in [5.41, 5.74) is 6.51. The van der Waals surface area contributed by atoms with Crippen LogP contribution in [-0.2, 0) is 0 Å². The molecule has 14 heavy (non-hydrogen) atoms. The quantitative estimate of drug-likeness (QED) is 0.701. The fraction of sp³-hybridized carbons (Fsp3) is 0.200. The van der Waals surface area contributed by atoms with Crippen molar-refractivity contribution < 1.29 is 0 Å². The lowest BCUT2D eigenvalue weighted by Gasteiger charge is -2.00. The highest BCUT2D eigenvalue weighted by Crippen LogP contribution is 2.01. The Morgan fingerprint density at radius 1 is 1.57 bits per heavy atom. The molecule has 1 rings (SSSR count). The molecule has 4 heteroatoms. The Labute approximate surface area is 83.6 Å². The molecule has 0 aliphatic carbocycles. The monoisotopic (exact) mass is 190 g/mol. The van der Waals surface area contributed by atoms with E-state index in [-0.39, 0.29) is 6.04 Å². The van der Waals surface area contributed by atoms with E-state index in [1.165, 1.54) is 6.33 Å². The van der Waals surface area contributed by atoms with Gasteiger partial charge in [-0.25, -0.2) is 9.97 Å². The van der Waals surface area contributed by atoms with E-state index in [4.69, 9.17) is 5.73 Å². The summed E-state index contributed by atoms with van der Waals surface area (Å²) in [4.78, 5) is 8.01. The number of aryl methyl sites for hydroxylation is 1. The topological polar surface area (TPSA) is 63.8 Å². The van der Waals surface area contributed by atoms with Gasteiger partial charge in [0.25, 0.3) is 0 Å². The van der Waals surface area contributed by atoms with Crippen LogP contribution in [0.4, 0.5) is 5.82 Å². The minimum Gasteiger partial charge on any atom is -0.347 e. The molecule has 0 saturated heterocycles. The zero-order chi connectivity index (χ0) is 10.4. The molecule has 0 bridgehead atoms. The van der Waals surface area contributed by atoms with Gasteiger partial charge in [0.1, 0.15) is 12.1 Å². The second kappa shape index (κ2) is 5.14. The van der Waals surface area contributed by atoms with Crippen LogP contribution < -0.4 is 11.1 Å². The maximum absolute atomic E-state index is 5.59. The maximum Gasteiger partial charge on any atom is 0.133 e. The molecule has 0 aromatic carbocycles. The van der Waals surface area contributed by atoms with E-state index in [0.717, 1.165) is 11.5 Å². The SMILES string of the molecule is C=CC(N)/C=C/Nc1cc(C)ncn1. The van der Waals surface area contributed by atoms with E-state index in [1.807, 2.05) is 13.0 Å². The first kappa shape index (κ1) is 10.4. The molecule has 74 valence electrons. The second-order valence-electron chi connectivity index (χ2n) is 2.86. The summed E-state index contributed by atoms with van der Waals surface area (Å²) in [7, 11) is 0. The second-order valence-corrected chi connectivity index (χ2v) is 2.86. The van der Waals surface area contributed by atoms with Gasteiger partial charge in [-0.1, -0.05) is 6.08 Å². The summed E-state index contributed by atoms with van der Waals surface area (Å²) in [5.74, 6) is 0.755. The van der Waals surface area contributed by atoms with Crippen molar-refractivity contribution in [3.8, 4) is 0 Å². The van der Waals surface area contributed by atoms with Crippen molar-refractivity contribution >= 4 is 5.82 Å². The minimum absolute atomic E-state index is 0.134. The van der Waals surface area contributed by atoms with Crippen LogP contribution in [0.25, 0.3) is 0 Å². The molecular weight excluding hydrogens is 176 g/mol. The molecule has 0 radical (unpaired) electrons. The van der Waals surface area contributed by atoms with E-state index >= 15 is 0 Å². The van der Waals surface area contributed by atoms with Gasteiger partial charge in [-0.3, -0.25) is 0 Å². The number of hydrogen-bond acceptors (Lipinski definition) is 4. The predicted octanol–water partition coefficient (Wildman–Crippen LogP) is 1.22. The predicted molar refractivity (Wildman–Crippen MR) is 57.7 cm³/mol. The van der Waals surface area contributed by atoms with Gasteiger partial charge in [-0.15, -0.1) is 6.58 Å². The summed E-state index contributed by atoms with van der Waals surface area (Å²) in [6.07, 6.45) is 6.71. The Morgan fingerprint density at radius 3 is 3.00 bits per heavy atom. The molecule has 1 heterocycles. The lowest BCUT2D eigenvalue weighted by Crippen LogP contribution is -2.12. The number of rotatable bonds is 4. The lowest BCUT2D eigenvalue weighted by molar-refractivity contribution is 1.03. The number of nitrogens with one attached hydrogen (secondary N) is 1. The Balaban J connectivity index is 2.53. The minimum atomic E-state index is -0.134. The van der Waals surface area contributed by atoms with Gasteiger partial charge in [0.2, 0.25) is 0 Å². The highest BCUT2D eigenvalue weighted by molar-refractivity contribution is 5.37. The molecule has 1 aromatic rings. The van der Waals surface area contributed by atoms with Gasteiger partial charge < -0.3 is 11.1 Å². The molecule has 4 nitrogen and oxygen atoms in total. The van der Waals surface area contributed by atoms with Crippen molar-refractivity contribution in [3.63, 3.8) is 0 Å². The molecular formula is C10H14N4. The fourth-order valence-corrected chi connectivity index (χ4v) is 0.857. The first-order valence-corrected chi connectivity index (χ1v) is 4.32. The van der Waals surface area contributed by atoms with Gasteiger partial charge >= 0.3 is 0 Å². The van der Waals surface area contributed by atoms with E-state index in [0.29, 0.717) is 0 Å². The molecule has 0 amide bonds. The van der Waals surface area contributed by atoms with E-state index in [1.54, 1.807) is 18.4 Å². The Kier molecular flexibility index (Phi) is 3.82. The first-order chi connectivity index (χ1) is 6.72. The van der Waals surface area contributed by atoms with Crippen molar-refractivity contribution in [1.82, 2.24) is 9.97 Å². The summed E-state index contributed by atoms with van der Waals surface area (Å²) in [6.45, 7) is 5.48. The summed E-state index contributed by atoms with van der Waals surface area (Å²) >= 11 is 0. The third-order valence-corrected chi connectivity index (χ3v) is 1.63. The van der Waals surface area contributed by atoms with Crippen LogP contribution in [0.3, 0.4) is 0 Å². The van der Waals surface area contributed by atoms with Crippen LogP contribution in [0.1, 0.15) is 5.69 Å². The van der Waals surface area contributed by atoms with E-state index in [2.05, 4.69) is 21.9 Å². The van der Waals surface area contributed by atoms with E-state index < -0.39 is 0 Å². The highest BCUT2D eigenvalue weighted by Gasteiger charge is 1.91. The molecule has 0 aliphatic heterocycles. The zero-order valence-corrected chi connectivity index (χ0v) is 8.14. The van der Waals surface area contributed by atoms with E-state index in [9.17, 15) is 0 Å². The summed E-state index contributed by atoms with van der Waals surface area (Å²) in [5, 5.41) is 2.99. The highest BCUT2D eigenvalue weighted by atomic mass is 15.0. The number of aromatic nitrogens is 2. The van der Waals surface area contributed by atoms with Gasteiger partial charge in [0.05, 0.1) is 0 Å². The smallest absolute Gasteiger partial charge is 0.133 e. The maximum atomic E-state index is 5.59. The molecule has 3 N–H and O–H groups in total. The molecule has 1 unspecified atom stereocenters. The molecule has 1 atom stereocenters. The van der Waals surface area contributed by atoms with Crippen LogP contribution in [0, 0.1) is 6.92 Å². The zero-order valence-electron chi connectivity index (χ0n) is 8.14. The van der Waals surface area contributed by atoms with Gasteiger partial charge in [-0.05, 0) is 13.0 Å². The Hall–Kier alpha value is -1.68. The number of hydrogen-bond donors (Lipinski definition) is 2. The van der Waals surface area contributed by atoms with Crippen LogP contribution in [0.15, 0.2) is 37.3 Å². The third-order valence-electron chi connectivity index (χ3n) is 1.63. The number of anilines is 1.